The van der Waals surface area contributed by atoms with Crippen LogP contribution in [0.25, 0.3) is 11.0 Å². The molecule has 0 saturated carbocycles. The first-order valence-corrected chi connectivity index (χ1v) is 7.00. The van der Waals surface area contributed by atoms with E-state index in [2.05, 4.69) is 32.7 Å². The van der Waals surface area contributed by atoms with Gasteiger partial charge in [0.1, 0.15) is 3.70 Å². The first kappa shape index (κ1) is 14.0. The van der Waals surface area contributed by atoms with Crippen molar-refractivity contribution in [2.75, 3.05) is 13.6 Å². The van der Waals surface area contributed by atoms with Crippen molar-refractivity contribution in [2.45, 2.75) is 19.9 Å². The van der Waals surface area contributed by atoms with Crippen molar-refractivity contribution >= 4 is 39.7 Å². The zero-order valence-electron chi connectivity index (χ0n) is 10.8. The number of fused-ring (bicyclic) bond motifs is 1. The number of amides is 1. The molecule has 2 aromatic heterocycles. The Kier molecular flexibility index (Phi) is 4.23. The molecule has 102 valence electrons. The standard InChI is InChI=1S/C12H15IN4O2/c1-8-4-5-9-10(13)15-17(11(9)14-8)7-3-6-16(2)12(18)19/h4-5H,3,6-7H2,1-2H3,(H,18,19). The molecule has 1 N–H and O–H groups in total. The molecule has 0 aliphatic heterocycles. The molecule has 2 rings (SSSR count). The highest BCUT2D eigenvalue weighted by atomic mass is 127. The Hall–Kier alpha value is -1.38. The van der Waals surface area contributed by atoms with E-state index < -0.39 is 6.09 Å². The maximum absolute atomic E-state index is 10.7. The third kappa shape index (κ3) is 3.14. The van der Waals surface area contributed by atoms with E-state index in [4.69, 9.17) is 5.11 Å². The lowest BCUT2D eigenvalue weighted by atomic mass is 10.3. The quantitative estimate of drug-likeness (QED) is 0.835. The van der Waals surface area contributed by atoms with Crippen molar-refractivity contribution in [2.24, 2.45) is 0 Å². The van der Waals surface area contributed by atoms with E-state index in [1.54, 1.807) is 7.05 Å². The molecule has 1 amide bonds. The number of carbonyl (C=O) groups is 1. The highest BCUT2D eigenvalue weighted by Crippen LogP contribution is 2.19. The van der Waals surface area contributed by atoms with E-state index in [1.165, 1.54) is 4.90 Å². The minimum absolute atomic E-state index is 0.485. The Labute approximate surface area is 124 Å². The van der Waals surface area contributed by atoms with Crippen molar-refractivity contribution in [1.29, 1.82) is 0 Å². The van der Waals surface area contributed by atoms with Crippen LogP contribution in [0.5, 0.6) is 0 Å². The maximum atomic E-state index is 10.7. The van der Waals surface area contributed by atoms with Gasteiger partial charge in [0.2, 0.25) is 0 Å². The Morgan fingerprint density at radius 1 is 1.53 bits per heavy atom. The van der Waals surface area contributed by atoms with Crippen LogP contribution in [0.4, 0.5) is 4.79 Å². The van der Waals surface area contributed by atoms with Gasteiger partial charge in [-0.15, -0.1) is 0 Å². The van der Waals surface area contributed by atoms with E-state index in [9.17, 15) is 4.79 Å². The summed E-state index contributed by atoms with van der Waals surface area (Å²) in [4.78, 5) is 16.5. The molecule has 0 aliphatic carbocycles. The number of nitrogens with zero attached hydrogens (tertiary/aromatic N) is 4. The number of hydrogen-bond acceptors (Lipinski definition) is 3. The molecule has 0 aliphatic rings. The molecule has 0 unspecified atom stereocenters. The molecule has 0 bridgehead atoms. The summed E-state index contributed by atoms with van der Waals surface area (Å²) in [6.07, 6.45) is -0.195. The molecule has 0 radical (unpaired) electrons. The average Bonchev–Trinajstić information content (AvgIpc) is 2.65. The summed E-state index contributed by atoms with van der Waals surface area (Å²) in [6, 6.07) is 3.99. The van der Waals surface area contributed by atoms with E-state index in [-0.39, 0.29) is 0 Å². The fourth-order valence-corrected chi connectivity index (χ4v) is 2.50. The maximum Gasteiger partial charge on any atom is 0.407 e. The fraction of sp³-hybridized carbons (Fsp3) is 0.417. The lowest BCUT2D eigenvalue weighted by molar-refractivity contribution is 0.155. The Balaban J connectivity index is 2.12. The van der Waals surface area contributed by atoms with Gasteiger partial charge in [0.25, 0.3) is 0 Å². The molecule has 7 heteroatoms. The Morgan fingerprint density at radius 3 is 2.95 bits per heavy atom. The molecule has 6 nitrogen and oxygen atoms in total. The van der Waals surface area contributed by atoms with Crippen LogP contribution in [-0.2, 0) is 6.54 Å². The van der Waals surface area contributed by atoms with Gasteiger partial charge in [-0.3, -0.25) is 0 Å². The molecule has 0 atom stereocenters. The SMILES string of the molecule is Cc1ccc2c(I)nn(CCCN(C)C(=O)O)c2n1. The summed E-state index contributed by atoms with van der Waals surface area (Å²) in [5.74, 6) is 0. The van der Waals surface area contributed by atoms with E-state index in [1.807, 2.05) is 23.7 Å². The van der Waals surface area contributed by atoms with Crippen LogP contribution in [0.2, 0.25) is 0 Å². The molecule has 0 fully saturated rings. The van der Waals surface area contributed by atoms with Gasteiger partial charge in [-0.2, -0.15) is 5.10 Å². The van der Waals surface area contributed by atoms with E-state index >= 15 is 0 Å². The third-order valence-electron chi connectivity index (χ3n) is 2.88. The lowest BCUT2D eigenvalue weighted by Gasteiger charge is -2.12. The molecular formula is C12H15IN4O2. The summed E-state index contributed by atoms with van der Waals surface area (Å²) >= 11 is 2.19. The van der Waals surface area contributed by atoms with Crippen LogP contribution in [-0.4, -0.2) is 44.5 Å². The van der Waals surface area contributed by atoms with Crippen molar-refractivity contribution in [3.63, 3.8) is 0 Å². The summed E-state index contributed by atoms with van der Waals surface area (Å²) in [6.45, 7) is 3.09. The molecule has 2 heterocycles. The second-order valence-corrected chi connectivity index (χ2v) is 5.42. The first-order chi connectivity index (χ1) is 8.99. The van der Waals surface area contributed by atoms with Crippen LogP contribution in [0.15, 0.2) is 12.1 Å². The average molecular weight is 374 g/mol. The number of halogens is 1. The smallest absolute Gasteiger partial charge is 0.407 e. The number of rotatable bonds is 4. The summed E-state index contributed by atoms with van der Waals surface area (Å²) in [5, 5.41) is 14.3. The summed E-state index contributed by atoms with van der Waals surface area (Å²) in [7, 11) is 1.57. The molecule has 0 aromatic carbocycles. The lowest BCUT2D eigenvalue weighted by Crippen LogP contribution is -2.26. The minimum atomic E-state index is -0.908. The highest BCUT2D eigenvalue weighted by molar-refractivity contribution is 14.1. The van der Waals surface area contributed by atoms with E-state index in [0.717, 1.165) is 20.4 Å². The molecule has 2 aromatic rings. The van der Waals surface area contributed by atoms with Gasteiger partial charge in [0.15, 0.2) is 5.65 Å². The van der Waals surface area contributed by atoms with Gasteiger partial charge in [-0.05, 0) is 48.1 Å². The fourth-order valence-electron chi connectivity index (χ4n) is 1.82. The van der Waals surface area contributed by atoms with Crippen molar-refractivity contribution in [3.8, 4) is 0 Å². The predicted octanol–water partition coefficient (Wildman–Crippen LogP) is 2.34. The first-order valence-electron chi connectivity index (χ1n) is 5.93. The van der Waals surface area contributed by atoms with Crippen molar-refractivity contribution in [1.82, 2.24) is 19.7 Å². The van der Waals surface area contributed by atoms with Crippen molar-refractivity contribution in [3.05, 3.63) is 21.5 Å². The second-order valence-electron chi connectivity index (χ2n) is 4.40. The van der Waals surface area contributed by atoms with Gasteiger partial charge in [-0.25, -0.2) is 14.5 Å². The Morgan fingerprint density at radius 2 is 2.26 bits per heavy atom. The summed E-state index contributed by atoms with van der Waals surface area (Å²) in [5.41, 5.74) is 1.81. The van der Waals surface area contributed by atoms with Crippen LogP contribution < -0.4 is 0 Å². The molecular weight excluding hydrogens is 359 g/mol. The minimum Gasteiger partial charge on any atom is -0.465 e. The second kappa shape index (κ2) is 5.72. The zero-order chi connectivity index (χ0) is 14.0. The van der Waals surface area contributed by atoms with Crippen LogP contribution >= 0.6 is 22.6 Å². The van der Waals surface area contributed by atoms with Gasteiger partial charge >= 0.3 is 6.09 Å². The number of aryl methyl sites for hydroxylation is 2. The molecule has 19 heavy (non-hydrogen) atoms. The predicted molar refractivity (Wildman–Crippen MR) is 80.3 cm³/mol. The number of pyridine rings is 1. The zero-order valence-corrected chi connectivity index (χ0v) is 13.0. The van der Waals surface area contributed by atoms with Crippen LogP contribution in [0.1, 0.15) is 12.1 Å². The highest BCUT2D eigenvalue weighted by Gasteiger charge is 2.10. The van der Waals surface area contributed by atoms with Crippen LogP contribution in [0, 0.1) is 10.6 Å². The number of aromatic nitrogens is 3. The van der Waals surface area contributed by atoms with Gasteiger partial charge in [-0.1, -0.05) is 0 Å². The number of hydrogen-bond donors (Lipinski definition) is 1. The Bertz CT molecular complexity index is 611. The summed E-state index contributed by atoms with van der Waals surface area (Å²) < 4.78 is 2.77. The normalized spacial score (nSPS) is 10.9. The third-order valence-corrected chi connectivity index (χ3v) is 3.68. The largest absolute Gasteiger partial charge is 0.465 e. The monoisotopic (exact) mass is 374 g/mol. The molecule has 0 spiro atoms. The van der Waals surface area contributed by atoms with Gasteiger partial charge in [0, 0.05) is 25.8 Å². The van der Waals surface area contributed by atoms with E-state index in [0.29, 0.717) is 19.5 Å². The van der Waals surface area contributed by atoms with Gasteiger partial charge in [0.05, 0.1) is 5.39 Å². The van der Waals surface area contributed by atoms with Crippen molar-refractivity contribution < 1.29 is 9.90 Å². The topological polar surface area (TPSA) is 71.2 Å². The molecule has 0 saturated heterocycles. The van der Waals surface area contributed by atoms with Gasteiger partial charge < -0.3 is 10.0 Å². The van der Waals surface area contributed by atoms with Crippen LogP contribution in [0.3, 0.4) is 0 Å². The number of carboxylic acid groups (broad SMARTS) is 1.